The van der Waals surface area contributed by atoms with Gasteiger partial charge in [0.1, 0.15) is 0 Å². The zero-order valence-electron chi connectivity index (χ0n) is 9.69. The van der Waals surface area contributed by atoms with Gasteiger partial charge < -0.3 is 0 Å². The summed E-state index contributed by atoms with van der Waals surface area (Å²) in [4.78, 5) is 0. The van der Waals surface area contributed by atoms with E-state index in [0.29, 0.717) is 5.56 Å². The summed E-state index contributed by atoms with van der Waals surface area (Å²) in [6, 6.07) is 8.38. The van der Waals surface area contributed by atoms with Crippen LogP contribution < -0.4 is 0 Å². The fourth-order valence-corrected chi connectivity index (χ4v) is 2.29. The second-order valence-corrected chi connectivity index (χ2v) is 4.57. The molecule has 0 amide bonds. The summed E-state index contributed by atoms with van der Waals surface area (Å²) in [6.45, 7) is 0. The molecule has 0 bridgehead atoms. The molecule has 19 heavy (non-hydrogen) atoms. The maximum atomic E-state index is 13.8. The monoisotopic (exact) mass is 332 g/mol. The summed E-state index contributed by atoms with van der Waals surface area (Å²) in [5.74, 6) is -5.36. The van der Waals surface area contributed by atoms with Gasteiger partial charge in [-0.2, -0.15) is 0 Å². The zero-order chi connectivity index (χ0) is 14.0. The average molecular weight is 333 g/mol. The molecule has 0 aliphatic rings. The predicted molar refractivity (Wildman–Crippen MR) is 68.2 cm³/mol. The molecule has 0 aliphatic carbocycles. The van der Waals surface area contributed by atoms with E-state index in [1.807, 2.05) is 0 Å². The van der Waals surface area contributed by atoms with Crippen LogP contribution in [-0.2, 0) is 11.8 Å². The van der Waals surface area contributed by atoms with Crippen molar-refractivity contribution in [2.75, 3.05) is 0 Å². The summed E-state index contributed by atoms with van der Waals surface area (Å²) in [7, 11) is 0. The molecule has 0 aliphatic heterocycles. The van der Waals surface area contributed by atoms with Gasteiger partial charge in [0.05, 0.1) is 0 Å². The Labute approximate surface area is 116 Å². The van der Waals surface area contributed by atoms with Crippen molar-refractivity contribution in [3.05, 3.63) is 70.3 Å². The Kier molecular flexibility index (Phi) is 4.24. The van der Waals surface area contributed by atoms with Crippen molar-refractivity contribution in [2.45, 2.75) is 11.8 Å². The van der Waals surface area contributed by atoms with E-state index in [-0.39, 0.29) is 11.8 Å². The van der Waals surface area contributed by atoms with E-state index >= 15 is 0 Å². The van der Waals surface area contributed by atoms with Crippen LogP contribution in [0.5, 0.6) is 0 Å². The normalized spacial score (nSPS) is 10.8. The first-order chi connectivity index (χ1) is 9.06. The maximum Gasteiger partial charge on any atom is 0.166 e. The predicted octanol–water partition coefficient (Wildman–Crippen LogP) is 4.73. The number of hydrogen-bond acceptors (Lipinski definition) is 0. The van der Waals surface area contributed by atoms with Gasteiger partial charge in [0.25, 0.3) is 0 Å². The average Bonchev–Trinajstić information content (AvgIpc) is 2.43. The Bertz CT molecular complexity index is 567. The molecule has 0 spiro atoms. The van der Waals surface area contributed by atoms with Gasteiger partial charge in [-0.05, 0) is 5.56 Å². The smallest absolute Gasteiger partial charge is 0.166 e. The van der Waals surface area contributed by atoms with E-state index in [2.05, 4.69) is 15.9 Å². The number of rotatable bonds is 3. The Balaban J connectivity index is 2.53. The molecule has 0 nitrogen and oxygen atoms in total. The van der Waals surface area contributed by atoms with Crippen LogP contribution in [0.15, 0.2) is 30.3 Å². The van der Waals surface area contributed by atoms with Crippen LogP contribution in [0.25, 0.3) is 0 Å². The minimum atomic E-state index is -1.35. The van der Waals surface area contributed by atoms with Crippen molar-refractivity contribution in [2.24, 2.45) is 0 Å². The summed E-state index contributed by atoms with van der Waals surface area (Å²) < 4.78 is 54.7. The number of halogens is 5. The van der Waals surface area contributed by atoms with Gasteiger partial charge in [0, 0.05) is 22.9 Å². The van der Waals surface area contributed by atoms with E-state index < -0.39 is 34.4 Å². The van der Waals surface area contributed by atoms with Crippen molar-refractivity contribution < 1.29 is 17.6 Å². The highest BCUT2D eigenvalue weighted by Crippen LogP contribution is 2.27. The van der Waals surface area contributed by atoms with Crippen LogP contribution >= 0.6 is 15.9 Å². The van der Waals surface area contributed by atoms with Gasteiger partial charge in [0.2, 0.25) is 0 Å². The van der Waals surface area contributed by atoms with Crippen molar-refractivity contribution in [3.63, 3.8) is 0 Å². The molecule has 0 aromatic heterocycles. The fourth-order valence-electron chi connectivity index (χ4n) is 1.80. The third-order valence-corrected chi connectivity index (χ3v) is 3.36. The van der Waals surface area contributed by atoms with E-state index in [9.17, 15) is 17.6 Å². The van der Waals surface area contributed by atoms with Crippen LogP contribution in [0.2, 0.25) is 0 Å². The molecule has 0 unspecified atom stereocenters. The Morgan fingerprint density at radius 3 is 1.68 bits per heavy atom. The lowest BCUT2D eigenvalue weighted by molar-refractivity contribution is 0.433. The molecule has 100 valence electrons. The van der Waals surface area contributed by atoms with Gasteiger partial charge in [0.15, 0.2) is 23.3 Å². The number of hydrogen-bond donors (Lipinski definition) is 0. The largest absolute Gasteiger partial charge is 0.203 e. The van der Waals surface area contributed by atoms with Crippen LogP contribution in [0.4, 0.5) is 17.6 Å². The zero-order valence-corrected chi connectivity index (χ0v) is 11.3. The summed E-state index contributed by atoms with van der Waals surface area (Å²) >= 11 is 2.81. The van der Waals surface area contributed by atoms with Crippen molar-refractivity contribution in [3.8, 4) is 0 Å². The van der Waals surface area contributed by atoms with Crippen molar-refractivity contribution in [1.29, 1.82) is 0 Å². The molecule has 2 aromatic rings. The fraction of sp³-hybridized carbons (Fsp3) is 0.143. The second-order valence-electron chi connectivity index (χ2n) is 4.01. The SMILES string of the molecule is Fc1c(F)c(Cc2ccccc2)c(F)c(F)c1CBr. The summed E-state index contributed by atoms with van der Waals surface area (Å²) in [5.41, 5.74) is -0.650. The van der Waals surface area contributed by atoms with Crippen LogP contribution in [0.1, 0.15) is 16.7 Å². The highest BCUT2D eigenvalue weighted by Gasteiger charge is 2.24. The van der Waals surface area contributed by atoms with Crippen LogP contribution in [-0.4, -0.2) is 0 Å². The van der Waals surface area contributed by atoms with E-state index in [1.165, 1.54) is 0 Å². The molecule has 0 fully saturated rings. The van der Waals surface area contributed by atoms with E-state index in [4.69, 9.17) is 0 Å². The minimum Gasteiger partial charge on any atom is -0.203 e. The highest BCUT2D eigenvalue weighted by atomic mass is 79.9. The van der Waals surface area contributed by atoms with E-state index in [1.54, 1.807) is 30.3 Å². The van der Waals surface area contributed by atoms with Gasteiger partial charge in [-0.1, -0.05) is 46.3 Å². The molecule has 0 saturated heterocycles. The first-order valence-corrected chi connectivity index (χ1v) is 6.62. The number of benzene rings is 2. The van der Waals surface area contributed by atoms with Gasteiger partial charge in [-0.25, -0.2) is 17.6 Å². The third-order valence-electron chi connectivity index (χ3n) is 2.80. The molecule has 0 radical (unpaired) electrons. The highest BCUT2D eigenvalue weighted by molar-refractivity contribution is 9.08. The van der Waals surface area contributed by atoms with Gasteiger partial charge in [-0.3, -0.25) is 0 Å². The van der Waals surface area contributed by atoms with Gasteiger partial charge >= 0.3 is 0 Å². The quantitative estimate of drug-likeness (QED) is 0.433. The molecular formula is C14H9BrF4. The topological polar surface area (TPSA) is 0 Å². The standard InChI is InChI=1S/C14H9BrF4/c15-7-10-13(18)11(16)9(12(17)14(10)19)6-8-4-2-1-3-5-8/h1-5H,6-7H2. The molecular weight excluding hydrogens is 324 g/mol. The summed E-state index contributed by atoms with van der Waals surface area (Å²) in [6.07, 6.45) is -0.199. The van der Waals surface area contributed by atoms with Crippen molar-refractivity contribution >= 4 is 15.9 Å². The first kappa shape index (κ1) is 14.1. The molecule has 0 saturated carbocycles. The molecule has 0 N–H and O–H groups in total. The van der Waals surface area contributed by atoms with E-state index in [0.717, 1.165) is 0 Å². The molecule has 0 heterocycles. The van der Waals surface area contributed by atoms with Crippen LogP contribution in [0, 0.1) is 23.3 Å². The Morgan fingerprint density at radius 2 is 1.21 bits per heavy atom. The Hall–Kier alpha value is -1.36. The third kappa shape index (κ3) is 2.66. The Morgan fingerprint density at radius 1 is 0.737 bits per heavy atom. The lowest BCUT2D eigenvalue weighted by Gasteiger charge is -2.10. The van der Waals surface area contributed by atoms with Crippen LogP contribution in [0.3, 0.4) is 0 Å². The second kappa shape index (κ2) is 5.74. The molecule has 2 aromatic carbocycles. The lowest BCUT2D eigenvalue weighted by atomic mass is 10.0. The molecule has 2 rings (SSSR count). The minimum absolute atomic E-state index is 0.199. The number of alkyl halides is 1. The lowest BCUT2D eigenvalue weighted by Crippen LogP contribution is -2.08. The summed E-state index contributed by atoms with van der Waals surface area (Å²) in [5, 5.41) is -0.288. The molecule has 5 heteroatoms. The van der Waals surface area contributed by atoms with Crippen molar-refractivity contribution in [1.82, 2.24) is 0 Å². The maximum absolute atomic E-state index is 13.8. The first-order valence-electron chi connectivity index (χ1n) is 5.49. The van der Waals surface area contributed by atoms with Gasteiger partial charge in [-0.15, -0.1) is 0 Å². The molecule has 0 atom stereocenters.